The second-order valence-corrected chi connectivity index (χ2v) is 4.38. The maximum Gasteiger partial charge on any atom is 0.337 e. The molecular formula is C14H19N3O4. The van der Waals surface area contributed by atoms with Gasteiger partial charge in [0.05, 0.1) is 11.3 Å². The number of carbonyl (C=O) groups excluding carboxylic acids is 2. The molecule has 0 saturated carbocycles. The van der Waals surface area contributed by atoms with Crippen molar-refractivity contribution in [2.75, 3.05) is 25.5 Å². The molecule has 1 aromatic rings. The maximum absolute atomic E-state index is 12.2. The topological polar surface area (TPSA) is 98.7 Å². The van der Waals surface area contributed by atoms with Crippen molar-refractivity contribution in [3.63, 3.8) is 0 Å². The molecule has 0 bridgehead atoms. The minimum Gasteiger partial charge on any atom is -0.478 e. The van der Waals surface area contributed by atoms with Gasteiger partial charge in [-0.3, -0.25) is 4.79 Å². The van der Waals surface area contributed by atoms with E-state index in [-0.39, 0.29) is 23.7 Å². The van der Waals surface area contributed by atoms with E-state index in [1.54, 1.807) is 12.1 Å². The van der Waals surface area contributed by atoms with Crippen molar-refractivity contribution in [1.29, 1.82) is 0 Å². The van der Waals surface area contributed by atoms with E-state index in [2.05, 4.69) is 10.6 Å². The molecule has 0 aromatic heterocycles. The summed E-state index contributed by atoms with van der Waals surface area (Å²) < 4.78 is 0. The van der Waals surface area contributed by atoms with Gasteiger partial charge in [0.25, 0.3) is 0 Å². The van der Waals surface area contributed by atoms with Crippen molar-refractivity contribution < 1.29 is 19.5 Å². The Morgan fingerprint density at radius 1 is 1.24 bits per heavy atom. The number of benzene rings is 1. The molecule has 3 N–H and O–H groups in total. The molecular weight excluding hydrogens is 274 g/mol. The first kappa shape index (κ1) is 16.5. The fourth-order valence-electron chi connectivity index (χ4n) is 1.75. The molecule has 1 rings (SSSR count). The van der Waals surface area contributed by atoms with Gasteiger partial charge >= 0.3 is 12.0 Å². The number of rotatable bonds is 6. The van der Waals surface area contributed by atoms with Gasteiger partial charge in [-0.05, 0) is 18.6 Å². The molecule has 3 amide bonds. The molecule has 114 valence electrons. The van der Waals surface area contributed by atoms with E-state index < -0.39 is 12.0 Å². The lowest BCUT2D eigenvalue weighted by Crippen LogP contribution is -2.42. The first-order valence-electron chi connectivity index (χ1n) is 6.58. The number of aromatic carboxylic acids is 1. The molecule has 7 heteroatoms. The Hall–Kier alpha value is -2.57. The standard InChI is InChI=1S/C14H19N3O4/c1-3-8-17(9-12(18)15-2)14(21)16-11-7-5-4-6-10(11)13(19)20/h4-7H,3,8-9H2,1-2H3,(H,15,18)(H,16,21)(H,19,20). The molecule has 7 nitrogen and oxygen atoms in total. The Balaban J connectivity index is 2.86. The molecule has 0 aliphatic heterocycles. The number of para-hydroxylation sites is 1. The summed E-state index contributed by atoms with van der Waals surface area (Å²) in [5.74, 6) is -1.41. The summed E-state index contributed by atoms with van der Waals surface area (Å²) in [5.41, 5.74) is 0.204. The Morgan fingerprint density at radius 2 is 1.90 bits per heavy atom. The van der Waals surface area contributed by atoms with Crippen LogP contribution in [-0.4, -0.2) is 48.1 Å². The lowest BCUT2D eigenvalue weighted by Gasteiger charge is -2.22. The number of carboxylic acid groups (broad SMARTS) is 1. The lowest BCUT2D eigenvalue weighted by molar-refractivity contribution is -0.121. The highest BCUT2D eigenvalue weighted by Gasteiger charge is 2.18. The van der Waals surface area contributed by atoms with Crippen LogP contribution >= 0.6 is 0 Å². The van der Waals surface area contributed by atoms with Crippen molar-refractivity contribution >= 4 is 23.6 Å². The minimum atomic E-state index is -1.13. The van der Waals surface area contributed by atoms with Crippen LogP contribution < -0.4 is 10.6 Å². The highest BCUT2D eigenvalue weighted by Crippen LogP contribution is 2.15. The largest absolute Gasteiger partial charge is 0.478 e. The minimum absolute atomic E-state index is 0.00208. The number of anilines is 1. The number of nitrogens with one attached hydrogen (secondary N) is 2. The molecule has 0 unspecified atom stereocenters. The summed E-state index contributed by atoms with van der Waals surface area (Å²) in [5, 5.41) is 14.1. The van der Waals surface area contributed by atoms with E-state index in [0.29, 0.717) is 13.0 Å². The van der Waals surface area contributed by atoms with Crippen LogP contribution in [0.3, 0.4) is 0 Å². The second kappa shape index (κ2) is 7.88. The zero-order valence-electron chi connectivity index (χ0n) is 12.0. The van der Waals surface area contributed by atoms with Crippen molar-refractivity contribution in [2.45, 2.75) is 13.3 Å². The summed E-state index contributed by atoms with van der Waals surface area (Å²) in [6.45, 7) is 2.20. The van der Waals surface area contributed by atoms with Gasteiger partial charge in [0, 0.05) is 13.6 Å². The van der Waals surface area contributed by atoms with Gasteiger partial charge < -0.3 is 20.6 Å². The number of carboxylic acids is 1. The summed E-state index contributed by atoms with van der Waals surface area (Å²) >= 11 is 0. The van der Waals surface area contributed by atoms with Crippen LogP contribution in [0.25, 0.3) is 0 Å². The monoisotopic (exact) mass is 293 g/mol. The third-order valence-electron chi connectivity index (χ3n) is 2.79. The number of hydrogen-bond acceptors (Lipinski definition) is 3. The lowest BCUT2D eigenvalue weighted by atomic mass is 10.2. The van der Waals surface area contributed by atoms with Crippen molar-refractivity contribution in [3.05, 3.63) is 29.8 Å². The molecule has 0 saturated heterocycles. The average Bonchev–Trinajstić information content (AvgIpc) is 2.46. The van der Waals surface area contributed by atoms with E-state index in [4.69, 9.17) is 5.11 Å². The van der Waals surface area contributed by atoms with E-state index in [9.17, 15) is 14.4 Å². The molecule has 0 heterocycles. The second-order valence-electron chi connectivity index (χ2n) is 4.38. The van der Waals surface area contributed by atoms with Gasteiger partial charge in [0.2, 0.25) is 5.91 Å². The zero-order valence-corrected chi connectivity index (χ0v) is 12.0. The van der Waals surface area contributed by atoms with Crippen LogP contribution in [0.5, 0.6) is 0 Å². The fourth-order valence-corrected chi connectivity index (χ4v) is 1.75. The average molecular weight is 293 g/mol. The Labute approximate surface area is 122 Å². The predicted octanol–water partition coefficient (Wildman–Crippen LogP) is 1.37. The van der Waals surface area contributed by atoms with Gasteiger partial charge in [0.1, 0.15) is 6.54 Å². The van der Waals surface area contributed by atoms with E-state index >= 15 is 0 Å². The molecule has 0 radical (unpaired) electrons. The Bertz CT molecular complexity index is 531. The Morgan fingerprint density at radius 3 is 2.48 bits per heavy atom. The summed E-state index contributed by atoms with van der Waals surface area (Å²) in [6, 6.07) is 5.61. The van der Waals surface area contributed by atoms with Crippen molar-refractivity contribution in [2.24, 2.45) is 0 Å². The number of hydrogen-bond donors (Lipinski definition) is 3. The van der Waals surface area contributed by atoms with Crippen molar-refractivity contribution in [3.8, 4) is 0 Å². The number of nitrogens with zero attached hydrogens (tertiary/aromatic N) is 1. The summed E-state index contributed by atoms with van der Waals surface area (Å²) in [7, 11) is 1.49. The first-order valence-corrected chi connectivity index (χ1v) is 6.58. The molecule has 0 atom stereocenters. The molecule has 1 aromatic carbocycles. The smallest absolute Gasteiger partial charge is 0.337 e. The normalized spacial score (nSPS) is 9.81. The third kappa shape index (κ3) is 4.79. The van der Waals surface area contributed by atoms with Crippen LogP contribution in [0.2, 0.25) is 0 Å². The van der Waals surface area contributed by atoms with Crippen LogP contribution in [0.15, 0.2) is 24.3 Å². The molecule has 0 aliphatic rings. The fraction of sp³-hybridized carbons (Fsp3) is 0.357. The summed E-state index contributed by atoms with van der Waals surface area (Å²) in [6.07, 6.45) is 0.686. The van der Waals surface area contributed by atoms with Gasteiger partial charge in [-0.25, -0.2) is 9.59 Å². The summed E-state index contributed by atoms with van der Waals surface area (Å²) in [4.78, 5) is 36.0. The van der Waals surface area contributed by atoms with E-state index in [1.165, 1.54) is 24.1 Å². The Kier molecular flexibility index (Phi) is 6.19. The SMILES string of the molecule is CCCN(CC(=O)NC)C(=O)Nc1ccccc1C(=O)O. The van der Waals surface area contributed by atoms with Crippen LogP contribution in [0, 0.1) is 0 Å². The van der Waals surface area contributed by atoms with Crippen LogP contribution in [-0.2, 0) is 4.79 Å². The number of carbonyl (C=O) groups is 3. The van der Waals surface area contributed by atoms with Gasteiger partial charge in [0.15, 0.2) is 0 Å². The van der Waals surface area contributed by atoms with Crippen molar-refractivity contribution in [1.82, 2.24) is 10.2 Å². The highest BCUT2D eigenvalue weighted by atomic mass is 16.4. The van der Waals surface area contributed by atoms with Gasteiger partial charge in [-0.1, -0.05) is 19.1 Å². The van der Waals surface area contributed by atoms with Crippen LogP contribution in [0.1, 0.15) is 23.7 Å². The third-order valence-corrected chi connectivity index (χ3v) is 2.79. The van der Waals surface area contributed by atoms with Gasteiger partial charge in [-0.15, -0.1) is 0 Å². The molecule has 21 heavy (non-hydrogen) atoms. The van der Waals surface area contributed by atoms with Crippen LogP contribution in [0.4, 0.5) is 10.5 Å². The molecule has 0 aliphatic carbocycles. The predicted molar refractivity (Wildman–Crippen MR) is 78.4 cm³/mol. The van der Waals surface area contributed by atoms with E-state index in [1.807, 2.05) is 6.92 Å². The molecule has 0 spiro atoms. The zero-order chi connectivity index (χ0) is 15.8. The first-order chi connectivity index (χ1) is 9.99. The maximum atomic E-state index is 12.2. The van der Waals surface area contributed by atoms with Gasteiger partial charge in [-0.2, -0.15) is 0 Å². The quantitative estimate of drug-likeness (QED) is 0.737. The molecule has 0 fully saturated rings. The van der Waals surface area contributed by atoms with E-state index in [0.717, 1.165) is 0 Å². The number of amides is 3. The number of likely N-dealkylation sites (N-methyl/N-ethyl adjacent to an activating group) is 1. The highest BCUT2D eigenvalue weighted by molar-refractivity contribution is 6.00. The number of urea groups is 1.